The summed E-state index contributed by atoms with van der Waals surface area (Å²) in [5.74, 6) is -0.330. The molecule has 3 nitrogen and oxygen atoms in total. The molecule has 3 N–H and O–H groups in total. The molecule has 0 radical (unpaired) electrons. The summed E-state index contributed by atoms with van der Waals surface area (Å²) in [5, 5.41) is 2.86. The van der Waals surface area contributed by atoms with Crippen molar-refractivity contribution in [3.05, 3.63) is 47.1 Å². The molecule has 0 aliphatic rings. The van der Waals surface area contributed by atoms with Crippen LogP contribution in [0.25, 0.3) is 10.4 Å². The number of benzene rings is 1. The van der Waals surface area contributed by atoms with Crippen molar-refractivity contribution in [2.75, 3.05) is 13.1 Å². The number of thiophene rings is 1. The van der Waals surface area contributed by atoms with E-state index in [4.69, 9.17) is 5.73 Å². The first kappa shape index (κ1) is 17.6. The minimum Gasteiger partial charge on any atom is -0.351 e. The van der Waals surface area contributed by atoms with Crippen LogP contribution < -0.4 is 11.1 Å². The highest BCUT2D eigenvalue weighted by atomic mass is 35.5. The van der Waals surface area contributed by atoms with Crippen LogP contribution in [0, 0.1) is 5.82 Å². The summed E-state index contributed by atoms with van der Waals surface area (Å²) in [6.07, 6.45) is 1.80. The molecule has 0 aliphatic carbocycles. The Bertz CT molecular complexity index is 571. The van der Waals surface area contributed by atoms with Crippen LogP contribution in [0.2, 0.25) is 0 Å². The van der Waals surface area contributed by atoms with E-state index >= 15 is 0 Å². The van der Waals surface area contributed by atoms with Crippen LogP contribution in [-0.2, 0) is 0 Å². The molecule has 0 unspecified atom stereocenters. The van der Waals surface area contributed by atoms with E-state index in [-0.39, 0.29) is 24.1 Å². The van der Waals surface area contributed by atoms with E-state index < -0.39 is 0 Å². The summed E-state index contributed by atoms with van der Waals surface area (Å²) in [4.78, 5) is 13.5. The molecule has 6 heteroatoms. The number of amides is 1. The standard InChI is InChI=1S/C15H17FN2OS.ClH/c16-12-5-3-11(4-6-12)13-7-8-14(20-13)15(19)18-10-2-1-9-17;/h3-8H,1-2,9-10,17H2,(H,18,19);1H. The molecular formula is C15H18ClFN2OS. The number of hydrogen-bond donors (Lipinski definition) is 2. The molecule has 0 saturated carbocycles. The highest BCUT2D eigenvalue weighted by Crippen LogP contribution is 2.28. The van der Waals surface area contributed by atoms with E-state index in [1.165, 1.54) is 23.5 Å². The maximum Gasteiger partial charge on any atom is 0.261 e. The van der Waals surface area contributed by atoms with E-state index in [0.717, 1.165) is 23.3 Å². The largest absolute Gasteiger partial charge is 0.351 e. The van der Waals surface area contributed by atoms with Gasteiger partial charge in [-0.1, -0.05) is 12.1 Å². The van der Waals surface area contributed by atoms with Crippen LogP contribution in [0.3, 0.4) is 0 Å². The van der Waals surface area contributed by atoms with Crippen molar-refractivity contribution in [2.45, 2.75) is 12.8 Å². The molecule has 0 atom stereocenters. The summed E-state index contributed by atoms with van der Waals surface area (Å²) in [6, 6.07) is 9.94. The summed E-state index contributed by atoms with van der Waals surface area (Å²) in [7, 11) is 0. The molecule has 1 aromatic carbocycles. The fourth-order valence-electron chi connectivity index (χ4n) is 1.79. The number of rotatable bonds is 6. The molecule has 0 saturated heterocycles. The second-order valence-electron chi connectivity index (χ2n) is 4.42. The van der Waals surface area contributed by atoms with Gasteiger partial charge in [0.2, 0.25) is 0 Å². The van der Waals surface area contributed by atoms with Crippen LogP contribution in [0.4, 0.5) is 4.39 Å². The van der Waals surface area contributed by atoms with Gasteiger partial charge >= 0.3 is 0 Å². The van der Waals surface area contributed by atoms with Crippen molar-refractivity contribution in [1.82, 2.24) is 5.32 Å². The first-order valence-electron chi connectivity index (χ1n) is 6.55. The second-order valence-corrected chi connectivity index (χ2v) is 5.51. The van der Waals surface area contributed by atoms with Gasteiger partial charge < -0.3 is 11.1 Å². The number of nitrogens with one attached hydrogen (secondary N) is 1. The Morgan fingerprint density at radius 3 is 2.52 bits per heavy atom. The van der Waals surface area contributed by atoms with E-state index in [1.54, 1.807) is 18.2 Å². The molecule has 21 heavy (non-hydrogen) atoms. The van der Waals surface area contributed by atoms with Crippen molar-refractivity contribution in [1.29, 1.82) is 0 Å². The lowest BCUT2D eigenvalue weighted by atomic mass is 10.2. The number of nitrogens with two attached hydrogens (primary N) is 1. The monoisotopic (exact) mass is 328 g/mol. The number of carbonyl (C=O) groups is 1. The number of halogens is 2. The molecule has 114 valence electrons. The fraction of sp³-hybridized carbons (Fsp3) is 0.267. The molecule has 2 rings (SSSR count). The Balaban J connectivity index is 0.00000220. The zero-order valence-electron chi connectivity index (χ0n) is 11.5. The fourth-order valence-corrected chi connectivity index (χ4v) is 2.72. The summed E-state index contributed by atoms with van der Waals surface area (Å²) < 4.78 is 12.9. The first-order chi connectivity index (χ1) is 9.70. The Labute approximate surface area is 133 Å². The van der Waals surface area contributed by atoms with Gasteiger partial charge in [0.25, 0.3) is 5.91 Å². The van der Waals surface area contributed by atoms with Gasteiger partial charge in [-0.05, 0) is 49.2 Å². The Kier molecular flexibility index (Phi) is 7.36. The topological polar surface area (TPSA) is 55.1 Å². The molecule has 1 heterocycles. The highest BCUT2D eigenvalue weighted by Gasteiger charge is 2.09. The van der Waals surface area contributed by atoms with Crippen LogP contribution in [-0.4, -0.2) is 19.0 Å². The van der Waals surface area contributed by atoms with Gasteiger partial charge in [0.1, 0.15) is 5.82 Å². The second kappa shape index (κ2) is 8.77. The predicted octanol–water partition coefficient (Wildman–Crippen LogP) is 3.44. The Hall–Kier alpha value is -1.43. The molecule has 0 spiro atoms. The maximum atomic E-state index is 12.9. The van der Waals surface area contributed by atoms with Crippen molar-refractivity contribution >= 4 is 29.7 Å². The van der Waals surface area contributed by atoms with E-state index in [2.05, 4.69) is 5.32 Å². The van der Waals surface area contributed by atoms with Crippen LogP contribution in [0.1, 0.15) is 22.5 Å². The quantitative estimate of drug-likeness (QED) is 0.798. The van der Waals surface area contributed by atoms with Crippen molar-refractivity contribution in [3.63, 3.8) is 0 Å². The van der Waals surface area contributed by atoms with Gasteiger partial charge in [0.05, 0.1) is 4.88 Å². The van der Waals surface area contributed by atoms with Gasteiger partial charge in [-0.15, -0.1) is 23.7 Å². The van der Waals surface area contributed by atoms with Gasteiger partial charge in [0.15, 0.2) is 0 Å². The third-order valence-electron chi connectivity index (χ3n) is 2.87. The van der Waals surface area contributed by atoms with Crippen LogP contribution in [0.5, 0.6) is 0 Å². The average molecular weight is 329 g/mol. The third-order valence-corrected chi connectivity index (χ3v) is 4.01. The maximum absolute atomic E-state index is 12.9. The van der Waals surface area contributed by atoms with E-state index in [1.807, 2.05) is 6.07 Å². The van der Waals surface area contributed by atoms with Gasteiger partial charge in [-0.3, -0.25) is 4.79 Å². The normalized spacial score (nSPS) is 10.0. The molecule has 1 amide bonds. The predicted molar refractivity (Wildman–Crippen MR) is 87.6 cm³/mol. The molecule has 1 aromatic heterocycles. The first-order valence-corrected chi connectivity index (χ1v) is 7.36. The average Bonchev–Trinajstić information content (AvgIpc) is 2.94. The molecule has 0 fully saturated rings. The number of unbranched alkanes of at least 4 members (excludes halogenated alkanes) is 1. The van der Waals surface area contributed by atoms with Crippen molar-refractivity contribution in [3.8, 4) is 10.4 Å². The van der Waals surface area contributed by atoms with Gasteiger partial charge in [-0.25, -0.2) is 4.39 Å². The summed E-state index contributed by atoms with van der Waals surface area (Å²) >= 11 is 1.40. The van der Waals surface area contributed by atoms with E-state index in [9.17, 15) is 9.18 Å². The lowest BCUT2D eigenvalue weighted by Crippen LogP contribution is -2.23. The Morgan fingerprint density at radius 1 is 1.14 bits per heavy atom. The minimum absolute atomic E-state index is 0. The van der Waals surface area contributed by atoms with Crippen molar-refractivity contribution < 1.29 is 9.18 Å². The van der Waals surface area contributed by atoms with Crippen LogP contribution >= 0.6 is 23.7 Å². The van der Waals surface area contributed by atoms with Crippen molar-refractivity contribution in [2.24, 2.45) is 5.73 Å². The lowest BCUT2D eigenvalue weighted by Gasteiger charge is -2.02. The zero-order valence-corrected chi connectivity index (χ0v) is 13.1. The Morgan fingerprint density at radius 2 is 1.86 bits per heavy atom. The minimum atomic E-state index is -0.261. The molecule has 2 aromatic rings. The highest BCUT2D eigenvalue weighted by molar-refractivity contribution is 7.17. The smallest absolute Gasteiger partial charge is 0.261 e. The van der Waals surface area contributed by atoms with Gasteiger partial charge in [0, 0.05) is 11.4 Å². The third kappa shape index (κ3) is 5.12. The summed E-state index contributed by atoms with van der Waals surface area (Å²) in [6.45, 7) is 1.28. The SMILES string of the molecule is Cl.NCCCCNC(=O)c1ccc(-c2ccc(F)cc2)s1. The molecule has 0 bridgehead atoms. The summed E-state index contributed by atoms with van der Waals surface area (Å²) in [5.41, 5.74) is 6.31. The van der Waals surface area contributed by atoms with Gasteiger partial charge in [-0.2, -0.15) is 0 Å². The van der Waals surface area contributed by atoms with E-state index in [0.29, 0.717) is 18.0 Å². The zero-order chi connectivity index (χ0) is 14.4. The number of hydrogen-bond acceptors (Lipinski definition) is 3. The number of carbonyl (C=O) groups excluding carboxylic acids is 1. The molecular weight excluding hydrogens is 311 g/mol. The molecule has 0 aliphatic heterocycles. The van der Waals surface area contributed by atoms with Crippen LogP contribution in [0.15, 0.2) is 36.4 Å². The lowest BCUT2D eigenvalue weighted by molar-refractivity contribution is 0.0957.